The van der Waals surface area contributed by atoms with Crippen molar-refractivity contribution in [2.75, 3.05) is 20.3 Å². The molecule has 0 rings (SSSR count). The number of ether oxygens (including phenoxy) is 2. The number of allylic oxidation sites excluding steroid dienone is 21. The summed E-state index contributed by atoms with van der Waals surface area (Å²) in [7, 11) is -3.28. The molecule has 0 radical (unpaired) electrons. The van der Waals surface area contributed by atoms with Crippen molar-refractivity contribution in [3.63, 3.8) is 0 Å². The van der Waals surface area contributed by atoms with Gasteiger partial charge in [-0.2, -0.15) is 0 Å². The van der Waals surface area contributed by atoms with E-state index in [2.05, 4.69) is 122 Å². The Balaban J connectivity index is 4.37. The molecule has 0 bridgehead atoms. The highest BCUT2D eigenvalue weighted by molar-refractivity contribution is 7.47. The number of phosphoric ester groups is 1. The minimum atomic E-state index is -4.31. The first-order chi connectivity index (χ1) is 25.8. The van der Waals surface area contributed by atoms with Crippen molar-refractivity contribution in [3.05, 3.63) is 134 Å². The van der Waals surface area contributed by atoms with Gasteiger partial charge in [0.05, 0.1) is 13.0 Å². The fourth-order valence-corrected chi connectivity index (χ4v) is 4.57. The first-order valence-corrected chi connectivity index (χ1v) is 20.4. The molecule has 53 heavy (non-hydrogen) atoms. The summed E-state index contributed by atoms with van der Waals surface area (Å²) < 4.78 is 31.7. The standard InChI is InChI=1S/C44H65O8P/c1-4-6-8-10-12-14-16-18-20-21-22-23-25-27-29-31-33-35-37-39-44(46)52-42(41-51-53(47,48)49-3)40-50-43(45)38-36-34-32-30-28-26-24-19-17-15-13-11-9-7-5-2/h6-9,12-15,18-20,22-24,27-30,33-36,42H,4-5,10-11,16-17,21,25-26,31-32,37-41H2,1-3H3,(H,47,48)/b8-6-,9-7-,14-12-,15-13-,20-18-,23-22-,24-19-,29-27-,30-28-,35-33-,36-34-. The summed E-state index contributed by atoms with van der Waals surface area (Å²) in [5.41, 5.74) is 0. The Kier molecular flexibility index (Phi) is 35.2. The first kappa shape index (κ1) is 49.2. The molecular weight excluding hydrogens is 687 g/mol. The molecule has 0 aliphatic rings. The summed E-state index contributed by atoms with van der Waals surface area (Å²) in [5, 5.41) is 0. The van der Waals surface area contributed by atoms with Crippen LogP contribution in [0.25, 0.3) is 0 Å². The van der Waals surface area contributed by atoms with E-state index in [0.29, 0.717) is 12.8 Å². The Labute approximate surface area is 320 Å². The van der Waals surface area contributed by atoms with Gasteiger partial charge in [-0.1, -0.05) is 148 Å². The van der Waals surface area contributed by atoms with E-state index in [1.54, 1.807) is 6.08 Å². The molecule has 294 valence electrons. The highest BCUT2D eigenvalue weighted by Gasteiger charge is 2.24. The van der Waals surface area contributed by atoms with E-state index in [1.807, 2.05) is 24.3 Å². The minimum Gasteiger partial charge on any atom is -0.461 e. The normalized spacial score (nSPS) is 14.9. The fraction of sp³-hybridized carbons (Fsp3) is 0.455. The third-order valence-electron chi connectivity index (χ3n) is 6.94. The van der Waals surface area contributed by atoms with Gasteiger partial charge in [0.2, 0.25) is 0 Å². The predicted molar refractivity (Wildman–Crippen MR) is 220 cm³/mol. The molecule has 0 saturated carbocycles. The molecule has 0 heterocycles. The summed E-state index contributed by atoms with van der Waals surface area (Å²) in [4.78, 5) is 34.2. The zero-order valence-electron chi connectivity index (χ0n) is 32.3. The number of rotatable bonds is 32. The Morgan fingerprint density at radius 3 is 1.26 bits per heavy atom. The van der Waals surface area contributed by atoms with Crippen LogP contribution in [-0.2, 0) is 32.7 Å². The molecule has 8 nitrogen and oxygen atoms in total. The Bertz CT molecular complexity index is 1310. The van der Waals surface area contributed by atoms with Crippen LogP contribution in [0, 0.1) is 0 Å². The lowest BCUT2D eigenvalue weighted by Gasteiger charge is -2.19. The Morgan fingerprint density at radius 1 is 0.528 bits per heavy atom. The summed E-state index contributed by atoms with van der Waals surface area (Å²) >= 11 is 0. The molecule has 0 aliphatic heterocycles. The van der Waals surface area contributed by atoms with Crippen molar-refractivity contribution in [1.82, 2.24) is 0 Å². The second-order valence-electron chi connectivity index (χ2n) is 11.6. The van der Waals surface area contributed by atoms with Crippen LogP contribution in [0.1, 0.15) is 104 Å². The Hall–Kier alpha value is -3.81. The van der Waals surface area contributed by atoms with Gasteiger partial charge in [0.25, 0.3) is 0 Å². The summed E-state index contributed by atoms with van der Waals surface area (Å²) in [6.07, 6.45) is 55.5. The zero-order valence-corrected chi connectivity index (χ0v) is 33.2. The number of hydrogen-bond acceptors (Lipinski definition) is 7. The lowest BCUT2D eigenvalue weighted by molar-refractivity contribution is -0.160. The summed E-state index contributed by atoms with van der Waals surface area (Å²) in [6.45, 7) is 3.47. The molecule has 0 aromatic heterocycles. The lowest BCUT2D eigenvalue weighted by Crippen LogP contribution is -2.29. The van der Waals surface area contributed by atoms with Crippen LogP contribution in [0.5, 0.6) is 0 Å². The van der Waals surface area contributed by atoms with Crippen molar-refractivity contribution >= 4 is 19.8 Å². The molecular formula is C44H65O8P. The van der Waals surface area contributed by atoms with E-state index in [1.165, 1.54) is 0 Å². The second-order valence-corrected chi connectivity index (χ2v) is 13.2. The maximum atomic E-state index is 12.4. The average molecular weight is 753 g/mol. The van der Waals surface area contributed by atoms with Crippen molar-refractivity contribution in [1.29, 1.82) is 0 Å². The molecule has 0 amide bonds. The zero-order chi connectivity index (χ0) is 38.9. The minimum absolute atomic E-state index is 0.0360. The Morgan fingerprint density at radius 2 is 0.887 bits per heavy atom. The topological polar surface area (TPSA) is 108 Å². The van der Waals surface area contributed by atoms with Gasteiger partial charge in [-0.3, -0.25) is 18.6 Å². The van der Waals surface area contributed by atoms with Gasteiger partial charge in [0.15, 0.2) is 6.10 Å². The van der Waals surface area contributed by atoms with Gasteiger partial charge in [-0.15, -0.1) is 0 Å². The smallest absolute Gasteiger partial charge is 0.461 e. The number of esters is 2. The maximum Gasteiger partial charge on any atom is 0.472 e. The fourth-order valence-electron chi connectivity index (χ4n) is 4.11. The first-order valence-electron chi connectivity index (χ1n) is 18.9. The van der Waals surface area contributed by atoms with E-state index in [0.717, 1.165) is 71.3 Å². The number of phosphoric acid groups is 1. The van der Waals surface area contributed by atoms with Crippen LogP contribution in [0.4, 0.5) is 0 Å². The molecule has 2 atom stereocenters. The molecule has 0 aromatic rings. The van der Waals surface area contributed by atoms with Crippen molar-refractivity contribution in [2.24, 2.45) is 0 Å². The van der Waals surface area contributed by atoms with Crippen LogP contribution in [0.2, 0.25) is 0 Å². The number of hydrogen-bond donors (Lipinski definition) is 1. The number of carbonyl (C=O) groups excluding carboxylic acids is 2. The third-order valence-corrected chi connectivity index (χ3v) is 7.87. The van der Waals surface area contributed by atoms with Crippen LogP contribution in [-0.4, -0.2) is 43.3 Å². The van der Waals surface area contributed by atoms with Crippen LogP contribution in [0.3, 0.4) is 0 Å². The molecule has 2 unspecified atom stereocenters. The van der Waals surface area contributed by atoms with Crippen LogP contribution >= 0.6 is 7.82 Å². The third kappa shape index (κ3) is 37.7. The SMILES string of the molecule is CC/C=C\C/C=C\C/C=C\C/C=C\C/C=C\C/C=C\CCC(=O)OC(COC(=O)C/C=C\C/C=C\C/C=C\C/C=C\C/C=C\CC)COP(=O)(O)OC. The quantitative estimate of drug-likeness (QED) is 0.0411. The molecule has 0 saturated heterocycles. The largest absolute Gasteiger partial charge is 0.472 e. The van der Waals surface area contributed by atoms with Crippen molar-refractivity contribution in [2.45, 2.75) is 110 Å². The van der Waals surface area contributed by atoms with Crippen LogP contribution < -0.4 is 0 Å². The highest BCUT2D eigenvalue weighted by Crippen LogP contribution is 2.42. The van der Waals surface area contributed by atoms with E-state index in [-0.39, 0.29) is 19.4 Å². The van der Waals surface area contributed by atoms with Gasteiger partial charge in [-0.05, 0) is 77.0 Å². The van der Waals surface area contributed by atoms with E-state index in [4.69, 9.17) is 14.0 Å². The van der Waals surface area contributed by atoms with Gasteiger partial charge in [-0.25, -0.2) is 4.57 Å². The van der Waals surface area contributed by atoms with Crippen molar-refractivity contribution < 1.29 is 37.6 Å². The maximum absolute atomic E-state index is 12.4. The summed E-state index contributed by atoms with van der Waals surface area (Å²) in [5.74, 6) is -1.07. The van der Waals surface area contributed by atoms with E-state index in [9.17, 15) is 19.0 Å². The average Bonchev–Trinajstić information content (AvgIpc) is 3.15. The lowest BCUT2D eigenvalue weighted by atomic mass is 10.2. The van der Waals surface area contributed by atoms with E-state index >= 15 is 0 Å². The molecule has 0 aliphatic carbocycles. The molecule has 1 N–H and O–H groups in total. The van der Waals surface area contributed by atoms with Gasteiger partial charge in [0.1, 0.15) is 6.61 Å². The van der Waals surface area contributed by atoms with Crippen molar-refractivity contribution in [3.8, 4) is 0 Å². The van der Waals surface area contributed by atoms with Gasteiger partial charge < -0.3 is 14.4 Å². The van der Waals surface area contributed by atoms with Gasteiger partial charge in [0, 0.05) is 13.5 Å². The second kappa shape index (κ2) is 37.9. The van der Waals surface area contributed by atoms with Gasteiger partial charge >= 0.3 is 19.8 Å². The molecule has 0 spiro atoms. The monoisotopic (exact) mass is 752 g/mol. The molecule has 0 aromatic carbocycles. The number of carbonyl (C=O) groups is 2. The van der Waals surface area contributed by atoms with E-state index < -0.39 is 32.5 Å². The predicted octanol–water partition coefficient (Wildman–Crippen LogP) is 11.8. The molecule has 0 fully saturated rings. The summed E-state index contributed by atoms with van der Waals surface area (Å²) in [6, 6.07) is 0. The van der Waals surface area contributed by atoms with Crippen LogP contribution in [0.15, 0.2) is 134 Å². The highest BCUT2D eigenvalue weighted by atomic mass is 31.2. The molecule has 9 heteroatoms.